The summed E-state index contributed by atoms with van der Waals surface area (Å²) >= 11 is 0. The van der Waals surface area contributed by atoms with Gasteiger partial charge in [-0.15, -0.1) is 0 Å². The maximum atomic E-state index is 13.1. The fraction of sp³-hybridized carbons (Fsp3) is 0.304. The van der Waals surface area contributed by atoms with Gasteiger partial charge in [0.1, 0.15) is 17.8 Å². The van der Waals surface area contributed by atoms with Crippen LogP contribution < -0.4 is 15.4 Å². The average molecular weight is 438 g/mol. The molecule has 1 heterocycles. The average Bonchev–Trinajstić information content (AvgIpc) is 2.97. The van der Waals surface area contributed by atoms with E-state index in [2.05, 4.69) is 10.6 Å². The van der Waals surface area contributed by atoms with Crippen LogP contribution in [0, 0.1) is 6.92 Å². The Morgan fingerprint density at radius 2 is 1.88 bits per heavy atom. The summed E-state index contributed by atoms with van der Waals surface area (Å²) in [5, 5.41) is 5.37. The van der Waals surface area contributed by atoms with Gasteiger partial charge in [0.25, 0.3) is 5.91 Å². The highest BCUT2D eigenvalue weighted by Crippen LogP contribution is 2.30. The molecule has 1 saturated heterocycles. The number of anilines is 1. The highest BCUT2D eigenvalue weighted by atomic mass is 16.5. The minimum atomic E-state index is -1.26. The number of likely N-dealkylation sites (N-methyl/N-ethyl adjacent to an activating group) is 1. The predicted molar refractivity (Wildman–Crippen MR) is 118 cm³/mol. The van der Waals surface area contributed by atoms with Crippen LogP contribution in [0.1, 0.15) is 18.1 Å². The van der Waals surface area contributed by atoms with E-state index in [1.54, 1.807) is 43.3 Å². The molecule has 32 heavy (non-hydrogen) atoms. The Balaban J connectivity index is 1.63. The van der Waals surface area contributed by atoms with Crippen molar-refractivity contribution in [2.45, 2.75) is 19.4 Å². The molecule has 0 aliphatic carbocycles. The summed E-state index contributed by atoms with van der Waals surface area (Å²) in [5.41, 5.74) is 0.783. The van der Waals surface area contributed by atoms with E-state index in [9.17, 15) is 19.2 Å². The number of benzene rings is 2. The van der Waals surface area contributed by atoms with Gasteiger partial charge in [-0.05, 0) is 37.1 Å². The number of hydrogen-bond donors (Lipinski definition) is 2. The Bertz CT molecular complexity index is 1070. The molecular weight excluding hydrogens is 412 g/mol. The number of methoxy groups -OCH3 is 1. The van der Waals surface area contributed by atoms with Gasteiger partial charge in [-0.1, -0.05) is 30.3 Å². The van der Waals surface area contributed by atoms with Crippen molar-refractivity contribution in [1.29, 1.82) is 0 Å². The Morgan fingerprint density at radius 1 is 1.16 bits per heavy atom. The van der Waals surface area contributed by atoms with E-state index in [-0.39, 0.29) is 6.54 Å². The lowest BCUT2D eigenvalue weighted by molar-refractivity contribution is -0.139. The number of urea groups is 1. The summed E-state index contributed by atoms with van der Waals surface area (Å²) in [4.78, 5) is 52.6. The number of imide groups is 1. The second-order valence-corrected chi connectivity index (χ2v) is 7.79. The van der Waals surface area contributed by atoms with Gasteiger partial charge in [0.05, 0.1) is 13.7 Å². The molecule has 1 fully saturated rings. The quantitative estimate of drug-likeness (QED) is 0.642. The molecule has 1 aliphatic heterocycles. The van der Waals surface area contributed by atoms with Crippen molar-refractivity contribution >= 4 is 29.4 Å². The van der Waals surface area contributed by atoms with Crippen LogP contribution in [-0.2, 0) is 19.9 Å². The molecule has 1 atom stereocenters. The zero-order chi connectivity index (χ0) is 23.5. The fourth-order valence-corrected chi connectivity index (χ4v) is 3.62. The molecule has 3 rings (SSSR count). The highest BCUT2D eigenvalue weighted by Gasteiger charge is 2.50. The Hall–Kier alpha value is -3.88. The molecular formula is C23H26N4O5. The van der Waals surface area contributed by atoms with E-state index >= 15 is 0 Å². The number of ether oxygens (including phenoxy) is 1. The van der Waals surface area contributed by atoms with Crippen LogP contribution in [-0.4, -0.2) is 60.8 Å². The molecule has 168 valence electrons. The molecule has 0 spiro atoms. The molecule has 1 aliphatic rings. The number of hydrogen-bond acceptors (Lipinski definition) is 5. The first-order valence-electron chi connectivity index (χ1n) is 10.0. The molecule has 2 N–H and O–H groups in total. The first-order chi connectivity index (χ1) is 15.2. The van der Waals surface area contributed by atoms with Crippen LogP contribution >= 0.6 is 0 Å². The number of amides is 5. The van der Waals surface area contributed by atoms with E-state index in [0.29, 0.717) is 17.0 Å². The van der Waals surface area contributed by atoms with Gasteiger partial charge < -0.3 is 20.3 Å². The monoisotopic (exact) mass is 438 g/mol. The van der Waals surface area contributed by atoms with Crippen LogP contribution in [0.2, 0.25) is 0 Å². The zero-order valence-electron chi connectivity index (χ0n) is 18.5. The third-order valence-electron chi connectivity index (χ3n) is 5.41. The van der Waals surface area contributed by atoms with Gasteiger partial charge >= 0.3 is 6.03 Å². The predicted octanol–water partition coefficient (Wildman–Crippen LogP) is 1.87. The fourth-order valence-electron chi connectivity index (χ4n) is 3.62. The second-order valence-electron chi connectivity index (χ2n) is 7.79. The lowest BCUT2D eigenvalue weighted by Gasteiger charge is -2.24. The van der Waals surface area contributed by atoms with E-state index in [1.807, 2.05) is 19.1 Å². The number of nitrogens with zero attached hydrogens (tertiary/aromatic N) is 2. The van der Waals surface area contributed by atoms with Gasteiger partial charge in [0.15, 0.2) is 0 Å². The summed E-state index contributed by atoms with van der Waals surface area (Å²) in [6, 6.07) is 13.4. The summed E-state index contributed by atoms with van der Waals surface area (Å²) in [6.45, 7) is 2.76. The largest absolute Gasteiger partial charge is 0.497 e. The molecule has 9 heteroatoms. The highest BCUT2D eigenvalue weighted by molar-refractivity contribution is 6.09. The van der Waals surface area contributed by atoms with E-state index in [1.165, 1.54) is 19.1 Å². The molecule has 1 unspecified atom stereocenters. The van der Waals surface area contributed by atoms with Gasteiger partial charge in [-0.3, -0.25) is 19.3 Å². The maximum Gasteiger partial charge on any atom is 0.325 e. The first kappa shape index (κ1) is 22.8. The molecule has 5 amide bonds. The van der Waals surface area contributed by atoms with E-state index in [4.69, 9.17) is 4.74 Å². The normalized spacial score (nSPS) is 17.7. The molecule has 0 radical (unpaired) electrons. The maximum absolute atomic E-state index is 13.1. The Kier molecular flexibility index (Phi) is 6.47. The lowest BCUT2D eigenvalue weighted by atomic mass is 9.88. The summed E-state index contributed by atoms with van der Waals surface area (Å²) < 4.78 is 5.12. The SMILES string of the molecule is COc1cccc(NC(=O)CN(C)C(=O)CN2C(=O)NC(C)(c3ccccc3C)C2=O)c1. The van der Waals surface area contributed by atoms with Crippen LogP contribution in [0.25, 0.3) is 0 Å². The van der Waals surface area contributed by atoms with Crippen LogP contribution in [0.5, 0.6) is 5.75 Å². The minimum Gasteiger partial charge on any atom is -0.497 e. The molecule has 2 aromatic rings. The number of nitrogens with one attached hydrogen (secondary N) is 2. The van der Waals surface area contributed by atoms with Gasteiger partial charge in [-0.25, -0.2) is 4.79 Å². The van der Waals surface area contributed by atoms with Gasteiger partial charge in [0.2, 0.25) is 11.8 Å². The third-order valence-corrected chi connectivity index (χ3v) is 5.41. The number of aryl methyl sites for hydroxylation is 1. The van der Waals surface area contributed by atoms with Crippen molar-refractivity contribution in [2.75, 3.05) is 32.6 Å². The summed E-state index contributed by atoms with van der Waals surface area (Å²) in [5.74, 6) is -0.888. The number of rotatable bonds is 7. The van der Waals surface area contributed by atoms with Crippen molar-refractivity contribution < 1.29 is 23.9 Å². The van der Waals surface area contributed by atoms with Crippen molar-refractivity contribution in [3.63, 3.8) is 0 Å². The van der Waals surface area contributed by atoms with E-state index < -0.39 is 35.8 Å². The smallest absolute Gasteiger partial charge is 0.325 e. The summed E-state index contributed by atoms with van der Waals surface area (Å²) in [7, 11) is 2.96. The summed E-state index contributed by atoms with van der Waals surface area (Å²) in [6.07, 6.45) is 0. The molecule has 0 saturated carbocycles. The Morgan fingerprint density at radius 3 is 2.56 bits per heavy atom. The number of carbonyl (C=O) groups is 4. The molecule has 0 aromatic heterocycles. The van der Waals surface area contributed by atoms with Crippen molar-refractivity contribution in [1.82, 2.24) is 15.1 Å². The lowest BCUT2D eigenvalue weighted by Crippen LogP contribution is -2.45. The standard InChI is InChI=1S/C23H26N4O5/c1-15-8-5-6-11-18(15)23(2)21(30)27(22(31)25-23)14-20(29)26(3)13-19(28)24-16-9-7-10-17(12-16)32-4/h5-12H,13-14H2,1-4H3,(H,24,28)(H,25,31). The van der Waals surface area contributed by atoms with Gasteiger partial charge in [0, 0.05) is 18.8 Å². The van der Waals surface area contributed by atoms with Crippen molar-refractivity contribution in [3.8, 4) is 5.75 Å². The topological polar surface area (TPSA) is 108 Å². The van der Waals surface area contributed by atoms with Crippen molar-refractivity contribution in [3.05, 3.63) is 59.7 Å². The van der Waals surface area contributed by atoms with Crippen LogP contribution in [0.15, 0.2) is 48.5 Å². The second kappa shape index (κ2) is 9.09. The van der Waals surface area contributed by atoms with E-state index in [0.717, 1.165) is 10.5 Å². The molecule has 2 aromatic carbocycles. The van der Waals surface area contributed by atoms with Gasteiger partial charge in [-0.2, -0.15) is 0 Å². The molecule has 0 bridgehead atoms. The molecule has 9 nitrogen and oxygen atoms in total. The number of carbonyl (C=O) groups excluding carboxylic acids is 4. The van der Waals surface area contributed by atoms with Crippen LogP contribution in [0.3, 0.4) is 0 Å². The Labute approximate surface area is 186 Å². The van der Waals surface area contributed by atoms with Crippen molar-refractivity contribution in [2.24, 2.45) is 0 Å². The zero-order valence-corrected chi connectivity index (χ0v) is 18.5. The third kappa shape index (κ3) is 4.56. The van der Waals surface area contributed by atoms with Crippen LogP contribution in [0.4, 0.5) is 10.5 Å². The first-order valence-corrected chi connectivity index (χ1v) is 10.0. The minimum absolute atomic E-state index is 0.241.